The molecule has 88 valence electrons. The van der Waals surface area contributed by atoms with Gasteiger partial charge in [-0.2, -0.15) is 0 Å². The molecule has 0 aliphatic carbocycles. The lowest BCUT2D eigenvalue weighted by atomic mass is 10.0. The van der Waals surface area contributed by atoms with E-state index in [1.807, 2.05) is 18.2 Å². The van der Waals surface area contributed by atoms with Crippen molar-refractivity contribution in [3.63, 3.8) is 0 Å². The highest BCUT2D eigenvalue weighted by atomic mass is 16.3. The number of hydrogen-bond donors (Lipinski definition) is 2. The van der Waals surface area contributed by atoms with Crippen LogP contribution in [0.4, 0.5) is 0 Å². The smallest absolute Gasteiger partial charge is 0.248 e. The first kappa shape index (κ1) is 10.5. The Morgan fingerprint density at radius 3 is 2.56 bits per heavy atom. The molecule has 18 heavy (non-hydrogen) atoms. The number of aromatic amines is 1. The van der Waals surface area contributed by atoms with Gasteiger partial charge in [-0.25, -0.2) is 0 Å². The van der Waals surface area contributed by atoms with Gasteiger partial charge >= 0.3 is 0 Å². The number of benzene rings is 1. The van der Waals surface area contributed by atoms with Crippen LogP contribution in [0.5, 0.6) is 5.75 Å². The summed E-state index contributed by atoms with van der Waals surface area (Å²) in [6, 6.07) is 10.4. The first-order chi connectivity index (χ1) is 8.74. The van der Waals surface area contributed by atoms with Gasteiger partial charge in [0.2, 0.25) is 5.56 Å². The Morgan fingerprint density at radius 2 is 1.78 bits per heavy atom. The summed E-state index contributed by atoms with van der Waals surface area (Å²) in [7, 11) is 0. The van der Waals surface area contributed by atoms with Crippen LogP contribution < -0.4 is 5.56 Å². The molecule has 0 radical (unpaired) electrons. The van der Waals surface area contributed by atoms with E-state index in [0.29, 0.717) is 5.52 Å². The summed E-state index contributed by atoms with van der Waals surface area (Å²) < 4.78 is 0. The number of nitrogens with zero attached hydrogens (tertiary/aromatic N) is 1. The molecule has 0 unspecified atom stereocenters. The Labute approximate surface area is 103 Å². The summed E-state index contributed by atoms with van der Waals surface area (Å²) in [4.78, 5) is 17.8. The molecule has 0 atom stereocenters. The number of phenolic OH excluding ortho intramolecular Hbond substituents is 1. The van der Waals surface area contributed by atoms with E-state index in [4.69, 9.17) is 0 Å². The van der Waals surface area contributed by atoms with Crippen LogP contribution in [0.1, 0.15) is 0 Å². The number of hydrogen-bond acceptors (Lipinski definition) is 3. The lowest BCUT2D eigenvalue weighted by Crippen LogP contribution is -2.02. The highest BCUT2D eigenvalue weighted by molar-refractivity contribution is 5.89. The van der Waals surface area contributed by atoms with Gasteiger partial charge in [0.05, 0.1) is 5.52 Å². The summed E-state index contributed by atoms with van der Waals surface area (Å²) in [5.74, 6) is 0.0667. The highest BCUT2D eigenvalue weighted by Gasteiger charge is 2.05. The number of rotatable bonds is 1. The van der Waals surface area contributed by atoms with Crippen LogP contribution in [0.3, 0.4) is 0 Å². The van der Waals surface area contributed by atoms with Gasteiger partial charge in [0.25, 0.3) is 0 Å². The van der Waals surface area contributed by atoms with Gasteiger partial charge in [-0.05, 0) is 41.5 Å². The number of nitrogens with one attached hydrogen (secondary N) is 1. The molecule has 0 saturated heterocycles. The fourth-order valence-corrected chi connectivity index (χ4v) is 1.96. The Hall–Kier alpha value is -2.62. The molecule has 0 spiro atoms. The molecule has 1 aromatic carbocycles. The van der Waals surface area contributed by atoms with Crippen LogP contribution >= 0.6 is 0 Å². The van der Waals surface area contributed by atoms with Crippen molar-refractivity contribution in [2.45, 2.75) is 0 Å². The number of phenols is 1. The van der Waals surface area contributed by atoms with Gasteiger partial charge in [0.1, 0.15) is 5.75 Å². The maximum atomic E-state index is 11.2. The van der Waals surface area contributed by atoms with Crippen molar-refractivity contribution < 1.29 is 5.11 Å². The topological polar surface area (TPSA) is 66.0 Å². The maximum Gasteiger partial charge on any atom is 0.248 e. The van der Waals surface area contributed by atoms with E-state index in [-0.39, 0.29) is 11.3 Å². The number of aromatic hydroxyl groups is 1. The van der Waals surface area contributed by atoms with Crippen LogP contribution in [-0.4, -0.2) is 15.1 Å². The van der Waals surface area contributed by atoms with Crippen molar-refractivity contribution in [3.8, 4) is 16.9 Å². The maximum absolute atomic E-state index is 11.2. The van der Waals surface area contributed by atoms with Crippen molar-refractivity contribution in [2.75, 3.05) is 0 Å². The predicted molar refractivity (Wildman–Crippen MR) is 69.5 cm³/mol. The van der Waals surface area contributed by atoms with E-state index in [9.17, 15) is 9.90 Å². The summed E-state index contributed by atoms with van der Waals surface area (Å²) >= 11 is 0. The van der Waals surface area contributed by atoms with Crippen LogP contribution in [0.15, 0.2) is 53.6 Å². The fraction of sp³-hybridized carbons (Fsp3) is 0. The highest BCUT2D eigenvalue weighted by Crippen LogP contribution is 2.29. The number of aromatic nitrogens is 2. The lowest BCUT2D eigenvalue weighted by Gasteiger charge is -2.05. The molecular weight excluding hydrogens is 228 g/mol. The van der Waals surface area contributed by atoms with Gasteiger partial charge in [-0.1, -0.05) is 0 Å². The third-order valence-corrected chi connectivity index (χ3v) is 2.82. The first-order valence-corrected chi connectivity index (χ1v) is 5.50. The molecule has 2 heterocycles. The Bertz CT molecular complexity index is 764. The summed E-state index contributed by atoms with van der Waals surface area (Å²) in [5, 5.41) is 10.7. The normalized spacial score (nSPS) is 10.7. The monoisotopic (exact) mass is 238 g/mol. The van der Waals surface area contributed by atoms with Crippen LogP contribution in [0.25, 0.3) is 22.0 Å². The van der Waals surface area contributed by atoms with Gasteiger partial charge in [-0.3, -0.25) is 9.78 Å². The predicted octanol–water partition coefficient (Wildman–Crippen LogP) is 2.30. The summed E-state index contributed by atoms with van der Waals surface area (Å²) in [6.07, 6.45) is 3.40. The molecule has 0 aliphatic heterocycles. The molecule has 2 N–H and O–H groups in total. The van der Waals surface area contributed by atoms with E-state index >= 15 is 0 Å². The molecule has 0 fully saturated rings. The van der Waals surface area contributed by atoms with E-state index in [1.54, 1.807) is 24.5 Å². The number of H-pyrrole nitrogens is 1. The van der Waals surface area contributed by atoms with E-state index in [1.165, 1.54) is 6.07 Å². The van der Waals surface area contributed by atoms with Crippen molar-refractivity contribution in [1.82, 2.24) is 9.97 Å². The van der Waals surface area contributed by atoms with E-state index in [2.05, 4.69) is 9.97 Å². The van der Waals surface area contributed by atoms with Crippen LogP contribution in [0, 0.1) is 0 Å². The van der Waals surface area contributed by atoms with Crippen molar-refractivity contribution in [3.05, 3.63) is 59.1 Å². The SMILES string of the molecule is O=c1ccc2cc(-c3ccncc3)cc(O)c2[nH]1. The zero-order valence-electron chi connectivity index (χ0n) is 9.42. The van der Waals surface area contributed by atoms with E-state index < -0.39 is 0 Å². The van der Waals surface area contributed by atoms with Crippen molar-refractivity contribution in [2.24, 2.45) is 0 Å². The molecule has 4 nitrogen and oxygen atoms in total. The molecule has 3 rings (SSSR count). The van der Waals surface area contributed by atoms with Gasteiger partial charge in [0, 0.05) is 23.8 Å². The third-order valence-electron chi connectivity index (χ3n) is 2.82. The molecule has 0 saturated carbocycles. The first-order valence-electron chi connectivity index (χ1n) is 5.50. The molecule has 0 aliphatic rings. The summed E-state index contributed by atoms with van der Waals surface area (Å²) in [5.41, 5.74) is 2.08. The second kappa shape index (κ2) is 4.00. The van der Waals surface area contributed by atoms with Gasteiger partial charge < -0.3 is 10.1 Å². The quantitative estimate of drug-likeness (QED) is 0.683. The van der Waals surface area contributed by atoms with Crippen LogP contribution in [0.2, 0.25) is 0 Å². The number of fused-ring (bicyclic) bond motifs is 1. The Balaban J connectivity index is 2.28. The number of pyridine rings is 2. The van der Waals surface area contributed by atoms with Crippen LogP contribution in [-0.2, 0) is 0 Å². The van der Waals surface area contributed by atoms with Crippen molar-refractivity contribution in [1.29, 1.82) is 0 Å². The fourth-order valence-electron chi connectivity index (χ4n) is 1.96. The molecule has 0 bridgehead atoms. The zero-order valence-corrected chi connectivity index (χ0v) is 9.42. The summed E-state index contributed by atoms with van der Waals surface area (Å²) in [6.45, 7) is 0. The minimum absolute atomic E-state index is 0.0667. The van der Waals surface area contributed by atoms with Crippen molar-refractivity contribution >= 4 is 10.9 Å². The second-order valence-corrected chi connectivity index (χ2v) is 4.02. The minimum atomic E-state index is -0.227. The molecular formula is C14H10N2O2. The Kier molecular flexibility index (Phi) is 2.34. The molecule has 4 heteroatoms. The standard InChI is InChI=1S/C14H10N2O2/c17-12-8-11(9-3-5-15-6-4-9)7-10-1-2-13(18)16-14(10)12/h1-8,17H,(H,16,18). The molecule has 0 amide bonds. The van der Waals surface area contributed by atoms with Gasteiger partial charge in [-0.15, -0.1) is 0 Å². The van der Waals surface area contributed by atoms with Gasteiger partial charge in [0.15, 0.2) is 0 Å². The van der Waals surface area contributed by atoms with E-state index in [0.717, 1.165) is 16.5 Å². The minimum Gasteiger partial charge on any atom is -0.506 e. The third kappa shape index (κ3) is 1.73. The largest absolute Gasteiger partial charge is 0.506 e. The second-order valence-electron chi connectivity index (χ2n) is 4.02. The lowest BCUT2D eigenvalue weighted by molar-refractivity contribution is 0.480. The average molecular weight is 238 g/mol. The Morgan fingerprint density at radius 1 is 1.00 bits per heavy atom. The zero-order chi connectivity index (χ0) is 12.5. The molecule has 2 aromatic heterocycles. The average Bonchev–Trinajstić information content (AvgIpc) is 2.40. The molecule has 3 aromatic rings.